The fourth-order valence-corrected chi connectivity index (χ4v) is 4.54. The predicted octanol–water partition coefficient (Wildman–Crippen LogP) is 4.84. The summed E-state index contributed by atoms with van der Waals surface area (Å²) in [6, 6.07) is 0. The van der Waals surface area contributed by atoms with Gasteiger partial charge in [0.05, 0.1) is 6.61 Å². The molecular weight excluding hydrogens is 377 g/mol. The maximum atomic E-state index is 13.0. The summed E-state index contributed by atoms with van der Waals surface area (Å²) in [5.41, 5.74) is -1.57. The third kappa shape index (κ3) is 9.33. The number of rotatable bonds is 13. The predicted molar refractivity (Wildman–Crippen MR) is 112 cm³/mol. The zero-order valence-electron chi connectivity index (χ0n) is 18.4. The van der Waals surface area contributed by atoms with E-state index in [2.05, 4.69) is 17.0 Å². The van der Waals surface area contributed by atoms with Crippen molar-refractivity contribution in [2.24, 2.45) is 0 Å². The summed E-state index contributed by atoms with van der Waals surface area (Å²) in [4.78, 5) is 17.0. The van der Waals surface area contributed by atoms with Crippen molar-refractivity contribution >= 4 is 13.3 Å². The van der Waals surface area contributed by atoms with E-state index >= 15 is 0 Å². The molecule has 0 aromatic carbocycles. The molecule has 2 atom stereocenters. The molecule has 0 aliphatic carbocycles. The van der Waals surface area contributed by atoms with Crippen LogP contribution in [0.25, 0.3) is 0 Å². The van der Waals surface area contributed by atoms with Crippen molar-refractivity contribution in [2.45, 2.75) is 97.4 Å². The van der Waals surface area contributed by atoms with Crippen molar-refractivity contribution in [2.75, 3.05) is 13.3 Å². The average Bonchev–Trinajstić information content (AvgIpc) is 3.01. The number of unbranched alkanes of at least 4 members (excludes halogenated alkanes) is 5. The van der Waals surface area contributed by atoms with Gasteiger partial charge in [-0.3, -0.25) is 14.0 Å². The molecule has 2 unspecified atom stereocenters. The van der Waals surface area contributed by atoms with Gasteiger partial charge in [-0.2, -0.15) is 5.10 Å². The van der Waals surface area contributed by atoms with E-state index in [1.165, 1.54) is 38.8 Å². The quantitative estimate of drug-likeness (QED) is 0.260. The first kappa shape index (κ1) is 24.8. The van der Waals surface area contributed by atoms with Gasteiger partial charge in [-0.25, -0.2) is 4.98 Å². The van der Waals surface area contributed by atoms with E-state index < -0.39 is 24.6 Å². The Morgan fingerprint density at radius 3 is 2.43 bits per heavy atom. The minimum absolute atomic E-state index is 0.145. The fraction of sp³-hybridized carbons (Fsp3) is 0.850. The van der Waals surface area contributed by atoms with Crippen molar-refractivity contribution in [1.29, 1.82) is 0 Å². The number of hydrogen-bond acceptors (Lipinski definition) is 6. The molecule has 1 aromatic rings. The first-order valence-electron chi connectivity index (χ1n) is 10.4. The molecule has 0 aliphatic rings. The van der Waals surface area contributed by atoms with Crippen LogP contribution in [0.4, 0.5) is 0 Å². The van der Waals surface area contributed by atoms with Crippen molar-refractivity contribution in [3.63, 3.8) is 0 Å². The second-order valence-corrected chi connectivity index (χ2v) is 11.0. The Labute approximate surface area is 170 Å². The van der Waals surface area contributed by atoms with Gasteiger partial charge < -0.3 is 9.26 Å². The van der Waals surface area contributed by atoms with E-state index in [9.17, 15) is 9.36 Å². The average molecular weight is 416 g/mol. The smallest absolute Gasteiger partial charge is 0.319 e. The summed E-state index contributed by atoms with van der Waals surface area (Å²) >= 11 is 0. The van der Waals surface area contributed by atoms with Crippen LogP contribution in [0.3, 0.4) is 0 Å². The van der Waals surface area contributed by atoms with Gasteiger partial charge in [-0.05, 0) is 34.1 Å². The largest absolute Gasteiger partial charge is 0.459 e. The normalized spacial score (nSPS) is 15.2. The van der Waals surface area contributed by atoms with Crippen LogP contribution < -0.4 is 0 Å². The van der Waals surface area contributed by atoms with E-state index in [1.807, 2.05) is 0 Å². The van der Waals surface area contributed by atoms with Crippen molar-refractivity contribution in [3.8, 4) is 0 Å². The lowest BCUT2D eigenvalue weighted by atomic mass is 10.1. The SMILES string of the molecule is CCCCCCCCn1cnc(CC(C(=O)OC(C)(C)C)P(C)(=O)OCC)n1. The highest BCUT2D eigenvalue weighted by atomic mass is 31.2. The van der Waals surface area contributed by atoms with Gasteiger partial charge >= 0.3 is 5.97 Å². The zero-order valence-corrected chi connectivity index (χ0v) is 19.3. The third-order valence-electron chi connectivity index (χ3n) is 4.33. The zero-order chi connectivity index (χ0) is 21.2. The summed E-state index contributed by atoms with van der Waals surface area (Å²) in [7, 11) is -3.20. The lowest BCUT2D eigenvalue weighted by molar-refractivity contribution is -0.154. The lowest BCUT2D eigenvalue weighted by Crippen LogP contribution is -2.33. The molecule has 0 saturated carbocycles. The Morgan fingerprint density at radius 2 is 1.82 bits per heavy atom. The van der Waals surface area contributed by atoms with Crippen LogP contribution >= 0.6 is 7.37 Å². The minimum Gasteiger partial charge on any atom is -0.459 e. The topological polar surface area (TPSA) is 83.3 Å². The van der Waals surface area contributed by atoms with Gasteiger partial charge in [0.15, 0.2) is 5.82 Å². The Morgan fingerprint density at radius 1 is 1.18 bits per heavy atom. The number of nitrogens with zero attached hydrogens (tertiary/aromatic N) is 3. The molecule has 1 rings (SSSR count). The van der Waals surface area contributed by atoms with Crippen LogP contribution in [-0.2, 0) is 31.6 Å². The molecule has 7 nitrogen and oxygen atoms in total. The standard InChI is InChI=1S/C20H38N3O4P/c1-7-9-10-11-12-13-14-23-16-21-18(22-23)15-17(28(6,25)26-8-2)19(24)27-20(3,4)5/h16-17H,7-15H2,1-6H3. The minimum atomic E-state index is -3.20. The monoisotopic (exact) mass is 415 g/mol. The van der Waals surface area contributed by atoms with Gasteiger partial charge in [0.1, 0.15) is 17.6 Å². The summed E-state index contributed by atoms with van der Waals surface area (Å²) in [5.74, 6) is -0.0392. The Kier molecular flexibility index (Phi) is 10.4. The summed E-state index contributed by atoms with van der Waals surface area (Å²) < 4.78 is 25.6. The summed E-state index contributed by atoms with van der Waals surface area (Å²) in [6.45, 7) is 11.9. The Balaban J connectivity index is 2.72. The molecule has 0 aliphatic heterocycles. The first-order chi connectivity index (χ1) is 13.1. The Hall–Kier alpha value is -1.20. The molecule has 1 heterocycles. The molecule has 162 valence electrons. The van der Waals surface area contributed by atoms with Crippen LogP contribution in [0.2, 0.25) is 0 Å². The van der Waals surface area contributed by atoms with Crippen LogP contribution in [0.5, 0.6) is 0 Å². The summed E-state index contributed by atoms with van der Waals surface area (Å²) in [5, 5.41) is 4.46. The fourth-order valence-electron chi connectivity index (χ4n) is 2.92. The highest BCUT2D eigenvalue weighted by molar-refractivity contribution is 7.60. The molecular formula is C20H38N3O4P. The number of hydrogen-bond donors (Lipinski definition) is 0. The number of aryl methyl sites for hydroxylation is 1. The number of carbonyl (C=O) groups excluding carboxylic acids is 1. The van der Waals surface area contributed by atoms with Crippen LogP contribution in [0.15, 0.2) is 6.33 Å². The first-order valence-corrected chi connectivity index (χ1v) is 12.6. The van der Waals surface area contributed by atoms with Gasteiger partial charge in [0.25, 0.3) is 0 Å². The molecule has 0 amide bonds. The molecule has 0 bridgehead atoms. The second kappa shape index (κ2) is 11.7. The van der Waals surface area contributed by atoms with E-state index in [0.29, 0.717) is 5.82 Å². The number of carbonyl (C=O) groups is 1. The van der Waals surface area contributed by atoms with Gasteiger partial charge in [0, 0.05) is 19.6 Å². The van der Waals surface area contributed by atoms with E-state index in [4.69, 9.17) is 9.26 Å². The molecule has 0 saturated heterocycles. The van der Waals surface area contributed by atoms with Crippen molar-refractivity contribution in [3.05, 3.63) is 12.2 Å². The lowest BCUT2D eigenvalue weighted by Gasteiger charge is -2.26. The number of aromatic nitrogens is 3. The third-order valence-corrected chi connectivity index (χ3v) is 6.63. The van der Waals surface area contributed by atoms with Gasteiger partial charge in [0.2, 0.25) is 7.37 Å². The number of esters is 1. The van der Waals surface area contributed by atoms with Crippen LogP contribution in [-0.4, -0.2) is 45.3 Å². The second-order valence-electron chi connectivity index (χ2n) is 8.27. The maximum Gasteiger partial charge on any atom is 0.319 e. The van der Waals surface area contributed by atoms with E-state index in [1.54, 1.807) is 38.7 Å². The van der Waals surface area contributed by atoms with Crippen LogP contribution in [0, 0.1) is 0 Å². The molecule has 0 N–H and O–H groups in total. The molecule has 0 spiro atoms. The van der Waals surface area contributed by atoms with E-state index in [0.717, 1.165) is 13.0 Å². The van der Waals surface area contributed by atoms with Crippen molar-refractivity contribution < 1.29 is 18.6 Å². The van der Waals surface area contributed by atoms with Gasteiger partial charge in [-0.1, -0.05) is 39.0 Å². The van der Waals surface area contributed by atoms with E-state index in [-0.39, 0.29) is 13.0 Å². The molecule has 1 aromatic heterocycles. The Bertz CT molecular complexity index is 640. The summed E-state index contributed by atoms with van der Waals surface area (Å²) in [6.07, 6.45) is 9.09. The highest BCUT2D eigenvalue weighted by Crippen LogP contribution is 2.49. The van der Waals surface area contributed by atoms with Gasteiger partial charge in [-0.15, -0.1) is 0 Å². The molecule has 8 heteroatoms. The van der Waals surface area contributed by atoms with Crippen LogP contribution in [0.1, 0.15) is 79.0 Å². The van der Waals surface area contributed by atoms with Crippen molar-refractivity contribution in [1.82, 2.24) is 14.8 Å². The molecule has 0 radical (unpaired) electrons. The molecule has 0 fully saturated rings. The number of ether oxygens (including phenoxy) is 1. The maximum absolute atomic E-state index is 13.0. The highest BCUT2D eigenvalue weighted by Gasteiger charge is 2.39. The molecule has 28 heavy (non-hydrogen) atoms.